The predicted molar refractivity (Wildman–Crippen MR) is 78.7 cm³/mol. The molecule has 0 atom stereocenters. The maximum atomic E-state index is 11.7. The van der Waals surface area contributed by atoms with Crippen LogP contribution in [-0.4, -0.2) is 25.4 Å². The molecule has 0 bridgehead atoms. The molecule has 0 unspecified atom stereocenters. The van der Waals surface area contributed by atoms with Gasteiger partial charge in [-0.05, 0) is 18.6 Å². The summed E-state index contributed by atoms with van der Waals surface area (Å²) in [5, 5.41) is 14.5. The highest BCUT2D eigenvalue weighted by Crippen LogP contribution is 2.23. The molecule has 20 heavy (non-hydrogen) atoms. The van der Waals surface area contributed by atoms with E-state index in [1.54, 1.807) is 19.2 Å². The first kappa shape index (κ1) is 15.9. The molecule has 1 aromatic carbocycles. The van der Waals surface area contributed by atoms with Crippen molar-refractivity contribution in [3.05, 3.63) is 36.0 Å². The molecule has 0 heterocycles. The predicted octanol–water partition coefficient (Wildman–Crippen LogP) is 2.26. The van der Waals surface area contributed by atoms with Gasteiger partial charge in [-0.2, -0.15) is 5.26 Å². The van der Waals surface area contributed by atoms with Gasteiger partial charge in [0.05, 0.1) is 12.8 Å². The number of ether oxygens (including phenoxy) is 1. The fourth-order valence-corrected chi connectivity index (χ4v) is 1.56. The number of anilines is 1. The van der Waals surface area contributed by atoms with Crippen molar-refractivity contribution in [2.45, 2.75) is 6.42 Å². The van der Waals surface area contributed by atoms with Crippen molar-refractivity contribution in [3.63, 3.8) is 0 Å². The average molecular weight is 294 g/mol. The van der Waals surface area contributed by atoms with Gasteiger partial charge in [0.2, 0.25) is 0 Å². The molecule has 1 aromatic rings. The largest absolute Gasteiger partial charge is 0.495 e. The smallest absolute Gasteiger partial charge is 0.263 e. The molecule has 1 rings (SSSR count). The fourth-order valence-electron chi connectivity index (χ4n) is 1.43. The molecule has 5 nitrogen and oxygen atoms in total. The Bertz CT molecular complexity index is 523. The van der Waals surface area contributed by atoms with Gasteiger partial charge in [0.1, 0.15) is 17.4 Å². The number of nitriles is 1. The first-order chi connectivity index (χ1) is 9.72. The molecular weight excluding hydrogens is 278 g/mol. The van der Waals surface area contributed by atoms with Crippen LogP contribution in [0.5, 0.6) is 5.75 Å². The molecule has 0 spiro atoms. The molecule has 2 N–H and O–H groups in total. The monoisotopic (exact) mass is 293 g/mol. The Hall–Kier alpha value is -2.19. The minimum absolute atomic E-state index is 0.00882. The number of hydrogen-bond donors (Lipinski definition) is 2. The van der Waals surface area contributed by atoms with Crippen molar-refractivity contribution >= 4 is 23.2 Å². The lowest BCUT2D eigenvalue weighted by Crippen LogP contribution is -2.26. The highest BCUT2D eigenvalue weighted by molar-refractivity contribution is 6.17. The van der Waals surface area contributed by atoms with Gasteiger partial charge in [0.15, 0.2) is 0 Å². The molecule has 0 aliphatic carbocycles. The Morgan fingerprint density at radius 2 is 2.25 bits per heavy atom. The third-order valence-electron chi connectivity index (χ3n) is 2.44. The standard InChI is InChI=1S/C14H16ClN3O2/c1-20-13-6-3-2-5-12(13)18-10-11(9-16)14(19)17-8-4-7-15/h2-3,5-6,10,18H,4,7-8H2,1H3,(H,17,19)/b11-10-. The summed E-state index contributed by atoms with van der Waals surface area (Å²) in [6.45, 7) is 0.440. The maximum Gasteiger partial charge on any atom is 0.263 e. The molecule has 0 radical (unpaired) electrons. The van der Waals surface area contributed by atoms with Crippen molar-refractivity contribution in [2.75, 3.05) is 24.9 Å². The second kappa shape index (κ2) is 8.83. The van der Waals surface area contributed by atoms with E-state index in [0.717, 1.165) is 0 Å². The van der Waals surface area contributed by atoms with Crippen LogP contribution in [0.4, 0.5) is 5.69 Å². The zero-order chi connectivity index (χ0) is 14.8. The molecule has 0 fully saturated rings. The number of halogens is 1. The summed E-state index contributed by atoms with van der Waals surface area (Å²) in [5.74, 6) is 0.661. The summed E-state index contributed by atoms with van der Waals surface area (Å²) in [6, 6.07) is 9.07. The van der Waals surface area contributed by atoms with Crippen LogP contribution < -0.4 is 15.4 Å². The number of carbonyl (C=O) groups excluding carboxylic acids is 1. The zero-order valence-corrected chi connectivity index (χ0v) is 11.9. The van der Waals surface area contributed by atoms with E-state index in [9.17, 15) is 4.79 Å². The van der Waals surface area contributed by atoms with Gasteiger partial charge in [-0.1, -0.05) is 12.1 Å². The van der Waals surface area contributed by atoms with Crippen LogP contribution in [0.3, 0.4) is 0 Å². The number of alkyl halides is 1. The fraction of sp³-hybridized carbons (Fsp3) is 0.286. The number of carbonyl (C=O) groups is 1. The number of amides is 1. The van der Waals surface area contributed by atoms with E-state index in [0.29, 0.717) is 30.3 Å². The number of benzene rings is 1. The van der Waals surface area contributed by atoms with Crippen LogP contribution in [0, 0.1) is 11.3 Å². The summed E-state index contributed by atoms with van der Waals surface area (Å²) in [4.78, 5) is 11.7. The number of nitrogens with zero attached hydrogens (tertiary/aromatic N) is 1. The highest BCUT2D eigenvalue weighted by atomic mass is 35.5. The summed E-state index contributed by atoms with van der Waals surface area (Å²) in [7, 11) is 1.55. The Morgan fingerprint density at radius 1 is 1.50 bits per heavy atom. The van der Waals surface area contributed by atoms with Crippen LogP contribution >= 0.6 is 11.6 Å². The van der Waals surface area contributed by atoms with Crippen LogP contribution in [0.15, 0.2) is 36.0 Å². The molecule has 0 saturated carbocycles. The van der Waals surface area contributed by atoms with Crippen molar-refractivity contribution in [1.29, 1.82) is 5.26 Å². The molecule has 0 aromatic heterocycles. The maximum absolute atomic E-state index is 11.7. The molecule has 0 saturated heterocycles. The second-order valence-corrected chi connectivity index (χ2v) is 4.19. The van der Waals surface area contributed by atoms with E-state index in [4.69, 9.17) is 21.6 Å². The Balaban J connectivity index is 2.70. The van der Waals surface area contributed by atoms with E-state index in [-0.39, 0.29) is 5.57 Å². The molecule has 106 valence electrons. The average Bonchev–Trinajstić information content (AvgIpc) is 2.48. The van der Waals surface area contributed by atoms with Gasteiger partial charge in [0, 0.05) is 18.6 Å². The Labute approximate surface area is 123 Å². The summed E-state index contributed by atoms with van der Waals surface area (Å²) in [5.41, 5.74) is 0.668. The van der Waals surface area contributed by atoms with Gasteiger partial charge in [-0.15, -0.1) is 11.6 Å². The summed E-state index contributed by atoms with van der Waals surface area (Å²) >= 11 is 5.52. The zero-order valence-electron chi connectivity index (χ0n) is 11.1. The number of para-hydroxylation sites is 2. The van der Waals surface area contributed by atoms with Gasteiger partial charge >= 0.3 is 0 Å². The van der Waals surface area contributed by atoms with Gasteiger partial charge in [0.25, 0.3) is 5.91 Å². The van der Waals surface area contributed by atoms with E-state index in [2.05, 4.69) is 10.6 Å². The quantitative estimate of drug-likeness (QED) is 0.350. The van der Waals surface area contributed by atoms with Gasteiger partial charge in [-0.3, -0.25) is 4.79 Å². The first-order valence-corrected chi connectivity index (χ1v) is 6.60. The third-order valence-corrected chi connectivity index (χ3v) is 2.71. The van der Waals surface area contributed by atoms with E-state index in [1.807, 2.05) is 18.2 Å². The lowest BCUT2D eigenvalue weighted by atomic mass is 10.2. The molecule has 0 aliphatic heterocycles. The number of rotatable bonds is 7. The van der Waals surface area contributed by atoms with Crippen LogP contribution in [0.25, 0.3) is 0 Å². The van der Waals surface area contributed by atoms with Crippen LogP contribution in [0.1, 0.15) is 6.42 Å². The first-order valence-electron chi connectivity index (χ1n) is 6.07. The van der Waals surface area contributed by atoms with Crippen LogP contribution in [0.2, 0.25) is 0 Å². The molecule has 0 aliphatic rings. The third kappa shape index (κ3) is 4.82. The molecule has 1 amide bonds. The van der Waals surface area contributed by atoms with Gasteiger partial charge < -0.3 is 15.4 Å². The van der Waals surface area contributed by atoms with Crippen molar-refractivity contribution in [1.82, 2.24) is 5.32 Å². The Morgan fingerprint density at radius 3 is 2.90 bits per heavy atom. The SMILES string of the molecule is COc1ccccc1N/C=C(/C#N)C(=O)NCCCCl. The number of nitrogens with one attached hydrogen (secondary N) is 2. The van der Waals surface area contributed by atoms with E-state index in [1.165, 1.54) is 6.20 Å². The minimum atomic E-state index is -0.431. The van der Waals surface area contributed by atoms with E-state index >= 15 is 0 Å². The Kier molecular flexibility index (Phi) is 7.01. The van der Waals surface area contributed by atoms with E-state index < -0.39 is 5.91 Å². The van der Waals surface area contributed by atoms with Gasteiger partial charge in [-0.25, -0.2) is 0 Å². The highest BCUT2D eigenvalue weighted by Gasteiger charge is 2.08. The normalized spacial score (nSPS) is 10.6. The second-order valence-electron chi connectivity index (χ2n) is 3.81. The number of hydrogen-bond acceptors (Lipinski definition) is 4. The van der Waals surface area contributed by atoms with Crippen molar-refractivity contribution in [2.24, 2.45) is 0 Å². The minimum Gasteiger partial charge on any atom is -0.495 e. The van der Waals surface area contributed by atoms with Crippen molar-refractivity contribution in [3.8, 4) is 11.8 Å². The topological polar surface area (TPSA) is 74.1 Å². The lowest BCUT2D eigenvalue weighted by Gasteiger charge is -2.08. The summed E-state index contributed by atoms with van der Waals surface area (Å²) in [6.07, 6.45) is 2.01. The molecular formula is C14H16ClN3O2. The molecule has 6 heteroatoms. The summed E-state index contributed by atoms with van der Waals surface area (Å²) < 4.78 is 5.16. The lowest BCUT2D eigenvalue weighted by molar-refractivity contribution is -0.117. The van der Waals surface area contributed by atoms with Crippen LogP contribution in [-0.2, 0) is 4.79 Å². The number of methoxy groups -OCH3 is 1. The van der Waals surface area contributed by atoms with Crippen molar-refractivity contribution < 1.29 is 9.53 Å².